The monoisotopic (exact) mass is 563 g/mol. The highest BCUT2D eigenvalue weighted by atomic mass is 19.2. The van der Waals surface area contributed by atoms with E-state index in [2.05, 4.69) is 15.7 Å². The van der Waals surface area contributed by atoms with Crippen molar-refractivity contribution in [1.82, 2.24) is 10.6 Å². The topological polar surface area (TPSA) is 111 Å². The zero-order chi connectivity index (χ0) is 29.8. The van der Waals surface area contributed by atoms with Crippen molar-refractivity contribution in [3.8, 4) is 11.1 Å². The maximum absolute atomic E-state index is 15.2. The summed E-state index contributed by atoms with van der Waals surface area (Å²) in [5.74, 6) is -5.09. The van der Waals surface area contributed by atoms with Crippen LogP contribution in [0.5, 0.6) is 0 Å². The Balaban J connectivity index is 1.63. The minimum Gasteiger partial charge on any atom is -0.481 e. The number of carboxylic acids is 1. The van der Waals surface area contributed by atoms with Gasteiger partial charge in [-0.05, 0) is 65.8 Å². The molecule has 0 aromatic heterocycles. The predicted molar refractivity (Wildman–Crippen MR) is 152 cm³/mol. The molecule has 41 heavy (non-hydrogen) atoms. The molecule has 2 aromatic carbocycles. The normalized spacial score (nSPS) is 17.1. The van der Waals surface area contributed by atoms with Crippen molar-refractivity contribution in [1.29, 1.82) is 0 Å². The quantitative estimate of drug-likeness (QED) is 0.373. The molecule has 1 aliphatic carbocycles. The summed E-state index contributed by atoms with van der Waals surface area (Å²) in [4.78, 5) is 38.4. The molecule has 2 aliphatic rings. The molecular weight excluding hydrogens is 530 g/mol. The van der Waals surface area contributed by atoms with Gasteiger partial charge >= 0.3 is 5.97 Å². The lowest BCUT2D eigenvalue weighted by molar-refractivity contribution is -0.495. The molecule has 0 spiro atoms. The molecule has 3 atom stereocenters. The zero-order valence-electron chi connectivity index (χ0n) is 23.4. The van der Waals surface area contributed by atoms with Crippen molar-refractivity contribution in [3.05, 3.63) is 82.5 Å². The lowest BCUT2D eigenvalue weighted by atomic mass is 9.91. The van der Waals surface area contributed by atoms with Crippen LogP contribution in [0.4, 0.5) is 8.78 Å². The van der Waals surface area contributed by atoms with E-state index >= 15 is 4.39 Å². The SMILES string of the molecule is CCC[C@H](NC(=O)C1=CC=CC2C=[N+](C)N=C12)C(=O)N[C@@H](CC(=O)O)c1cc(-c2c(C)cccc2C)cc(F)c1F. The molecule has 1 unspecified atom stereocenters. The second kappa shape index (κ2) is 12.4. The van der Waals surface area contributed by atoms with Crippen LogP contribution < -0.4 is 10.6 Å². The molecule has 214 valence electrons. The van der Waals surface area contributed by atoms with Gasteiger partial charge in [0.1, 0.15) is 17.7 Å². The van der Waals surface area contributed by atoms with Gasteiger partial charge in [0.2, 0.25) is 5.91 Å². The molecule has 0 bridgehead atoms. The van der Waals surface area contributed by atoms with Crippen LogP contribution in [0, 0.1) is 31.4 Å². The van der Waals surface area contributed by atoms with Crippen molar-refractivity contribution in [2.75, 3.05) is 7.05 Å². The first-order valence-electron chi connectivity index (χ1n) is 13.4. The average molecular weight is 564 g/mol. The summed E-state index contributed by atoms with van der Waals surface area (Å²) >= 11 is 0. The van der Waals surface area contributed by atoms with E-state index in [-0.39, 0.29) is 17.9 Å². The van der Waals surface area contributed by atoms with Crippen LogP contribution in [0.25, 0.3) is 11.1 Å². The molecule has 4 rings (SSSR count). The fraction of sp³-hybridized carbons (Fsp3) is 0.323. The maximum atomic E-state index is 15.2. The van der Waals surface area contributed by atoms with Crippen molar-refractivity contribution < 1.29 is 33.0 Å². The van der Waals surface area contributed by atoms with Gasteiger partial charge in [0, 0.05) is 5.56 Å². The van der Waals surface area contributed by atoms with E-state index in [4.69, 9.17) is 0 Å². The Morgan fingerprint density at radius 1 is 1.12 bits per heavy atom. The van der Waals surface area contributed by atoms with Crippen LogP contribution in [0.2, 0.25) is 0 Å². The fourth-order valence-corrected chi connectivity index (χ4v) is 5.25. The summed E-state index contributed by atoms with van der Waals surface area (Å²) in [5.41, 5.74) is 3.28. The zero-order valence-corrected chi connectivity index (χ0v) is 23.4. The van der Waals surface area contributed by atoms with Gasteiger partial charge in [-0.25, -0.2) is 8.78 Å². The molecule has 3 N–H and O–H groups in total. The molecular formula is C31H33F2N4O4+. The fourth-order valence-electron chi connectivity index (χ4n) is 5.25. The number of hydrogen-bond acceptors (Lipinski definition) is 4. The number of amides is 2. The van der Waals surface area contributed by atoms with Crippen LogP contribution in [-0.4, -0.2) is 52.6 Å². The lowest BCUT2D eigenvalue weighted by Crippen LogP contribution is -2.49. The first kappa shape index (κ1) is 29.5. The Morgan fingerprint density at radius 2 is 1.83 bits per heavy atom. The molecule has 0 radical (unpaired) electrons. The first-order chi connectivity index (χ1) is 19.5. The highest BCUT2D eigenvalue weighted by Crippen LogP contribution is 2.33. The number of fused-ring (bicyclic) bond motifs is 1. The van der Waals surface area contributed by atoms with E-state index in [0.29, 0.717) is 28.8 Å². The molecule has 10 heteroatoms. The minimum atomic E-state index is -1.39. The first-order valence-corrected chi connectivity index (χ1v) is 13.4. The maximum Gasteiger partial charge on any atom is 0.305 e. The van der Waals surface area contributed by atoms with Gasteiger partial charge in [-0.15, -0.1) is 0 Å². The van der Waals surface area contributed by atoms with E-state index in [1.807, 2.05) is 51.3 Å². The third-order valence-corrected chi connectivity index (χ3v) is 7.16. The average Bonchev–Trinajstić information content (AvgIpc) is 3.29. The number of halogens is 2. The standard InChI is InChI=1S/C31H32F2N4O4/c1-5-8-24(34-30(40)21-12-7-11-19-16-37(4)36-29(19)21)31(41)35-25(15-26(38)39)22-13-20(14-23(32)28(22)33)27-17(2)9-6-10-18(27)3/h6-7,9-14,16,19,24-25H,5,8,15H2,1-4H3,(H2-,34,35,38,39,40,41)/p+1/t19?,24-,25-/m0/s1. The Bertz CT molecular complexity index is 1510. The second-order valence-electron chi connectivity index (χ2n) is 10.3. The summed E-state index contributed by atoms with van der Waals surface area (Å²) in [6.07, 6.45) is 7.16. The number of rotatable bonds is 10. The van der Waals surface area contributed by atoms with Crippen LogP contribution in [0.1, 0.15) is 48.9 Å². The number of hydrazone groups is 1. The molecule has 1 heterocycles. The second-order valence-corrected chi connectivity index (χ2v) is 10.3. The van der Waals surface area contributed by atoms with E-state index < -0.39 is 47.9 Å². The van der Waals surface area contributed by atoms with Gasteiger partial charge in [-0.2, -0.15) is 0 Å². The largest absolute Gasteiger partial charge is 0.481 e. The molecule has 0 saturated heterocycles. The summed E-state index contributed by atoms with van der Waals surface area (Å²) in [5, 5.41) is 19.2. The van der Waals surface area contributed by atoms with Crippen molar-refractivity contribution in [3.63, 3.8) is 0 Å². The van der Waals surface area contributed by atoms with Gasteiger partial charge in [-0.1, -0.05) is 48.4 Å². The summed E-state index contributed by atoms with van der Waals surface area (Å²) in [7, 11) is 1.75. The number of benzene rings is 2. The van der Waals surface area contributed by atoms with Gasteiger partial charge in [0.15, 0.2) is 24.9 Å². The highest BCUT2D eigenvalue weighted by molar-refractivity contribution is 6.27. The molecule has 2 aromatic rings. The summed E-state index contributed by atoms with van der Waals surface area (Å²) in [6, 6.07) is 5.52. The highest BCUT2D eigenvalue weighted by Gasteiger charge is 2.34. The van der Waals surface area contributed by atoms with Crippen molar-refractivity contribution in [2.24, 2.45) is 11.0 Å². The van der Waals surface area contributed by atoms with Crippen LogP contribution in [0.15, 0.2) is 59.2 Å². The number of nitrogens with one attached hydrogen (secondary N) is 2. The van der Waals surface area contributed by atoms with Crippen LogP contribution in [0.3, 0.4) is 0 Å². The van der Waals surface area contributed by atoms with E-state index in [1.165, 1.54) is 6.07 Å². The number of carboxylic acid groups (broad SMARTS) is 1. The number of carbonyl (C=O) groups is 3. The van der Waals surface area contributed by atoms with Crippen molar-refractivity contribution in [2.45, 2.75) is 52.1 Å². The van der Waals surface area contributed by atoms with Gasteiger partial charge in [0.25, 0.3) is 5.91 Å². The smallest absolute Gasteiger partial charge is 0.305 e. The Labute approximate surface area is 237 Å². The van der Waals surface area contributed by atoms with Gasteiger partial charge in [0.05, 0.1) is 18.0 Å². The molecule has 8 nitrogen and oxygen atoms in total. The minimum absolute atomic E-state index is 0.161. The number of carbonyl (C=O) groups excluding carboxylic acids is 2. The van der Waals surface area contributed by atoms with Gasteiger partial charge in [-0.3, -0.25) is 14.4 Å². The summed E-state index contributed by atoms with van der Waals surface area (Å²) < 4.78 is 31.7. The number of aryl methyl sites for hydroxylation is 2. The number of nitrogens with zero attached hydrogens (tertiary/aromatic N) is 2. The number of aliphatic carboxylic acids is 1. The van der Waals surface area contributed by atoms with Crippen molar-refractivity contribution >= 4 is 29.7 Å². The lowest BCUT2D eigenvalue weighted by Gasteiger charge is -2.24. The Morgan fingerprint density at radius 3 is 2.49 bits per heavy atom. The van der Waals surface area contributed by atoms with Crippen LogP contribution in [-0.2, 0) is 14.4 Å². The third-order valence-electron chi connectivity index (χ3n) is 7.16. The molecule has 1 aliphatic heterocycles. The Hall–Kier alpha value is -4.47. The predicted octanol–water partition coefficient (Wildman–Crippen LogP) is 4.36. The molecule has 2 amide bonds. The molecule has 0 saturated carbocycles. The molecule has 0 fully saturated rings. The van der Waals surface area contributed by atoms with Crippen LogP contribution >= 0.6 is 0 Å². The third kappa shape index (κ3) is 6.48. The van der Waals surface area contributed by atoms with E-state index in [1.54, 1.807) is 23.9 Å². The van der Waals surface area contributed by atoms with E-state index in [9.17, 15) is 23.9 Å². The van der Waals surface area contributed by atoms with E-state index in [0.717, 1.165) is 17.2 Å². The number of hydrogen-bond donors (Lipinski definition) is 3. The Kier molecular flexibility index (Phi) is 8.90. The summed E-state index contributed by atoms with van der Waals surface area (Å²) in [6.45, 7) is 5.50. The van der Waals surface area contributed by atoms with Gasteiger partial charge < -0.3 is 15.7 Å². The number of allylic oxidation sites excluding steroid dienone is 3.